The summed E-state index contributed by atoms with van der Waals surface area (Å²) in [5.74, 6) is -0.330. The zero-order valence-electron chi connectivity index (χ0n) is 14.3. The van der Waals surface area contributed by atoms with Gasteiger partial charge in [0.15, 0.2) is 9.84 Å². The molecule has 0 saturated heterocycles. The second-order valence-electron chi connectivity index (χ2n) is 5.93. The van der Waals surface area contributed by atoms with Crippen LogP contribution in [-0.2, 0) is 9.84 Å². The molecule has 1 amide bonds. The zero-order chi connectivity index (χ0) is 18.7. The Morgan fingerprint density at radius 3 is 2.50 bits per heavy atom. The summed E-state index contributed by atoms with van der Waals surface area (Å²) < 4.78 is 24.9. The second-order valence-corrected chi connectivity index (χ2v) is 7.94. The Morgan fingerprint density at radius 1 is 1.15 bits per heavy atom. The first kappa shape index (κ1) is 17.8. The van der Waals surface area contributed by atoms with E-state index in [1.54, 1.807) is 23.1 Å². The van der Waals surface area contributed by atoms with Crippen LogP contribution in [0.25, 0.3) is 5.69 Å². The van der Waals surface area contributed by atoms with Gasteiger partial charge >= 0.3 is 0 Å². The van der Waals surface area contributed by atoms with Crippen LogP contribution in [0.2, 0.25) is 0 Å². The average Bonchev–Trinajstić information content (AvgIpc) is 3.16. The zero-order valence-corrected chi connectivity index (χ0v) is 15.1. The molecule has 0 spiro atoms. The van der Waals surface area contributed by atoms with Crippen molar-refractivity contribution in [1.29, 1.82) is 0 Å². The van der Waals surface area contributed by atoms with Gasteiger partial charge in [0.2, 0.25) is 0 Å². The third-order valence-corrected chi connectivity index (χ3v) is 5.06. The van der Waals surface area contributed by atoms with Crippen molar-refractivity contribution in [3.8, 4) is 5.69 Å². The molecule has 3 aromatic rings. The molecule has 0 aliphatic carbocycles. The normalized spacial score (nSPS) is 12.5. The molecular formula is C18H18N4O3S. The van der Waals surface area contributed by atoms with Crippen LogP contribution in [0.3, 0.4) is 0 Å². The predicted octanol–water partition coefficient (Wildman–Crippen LogP) is 2.16. The van der Waals surface area contributed by atoms with Crippen molar-refractivity contribution < 1.29 is 13.2 Å². The molecule has 0 bridgehead atoms. The van der Waals surface area contributed by atoms with E-state index in [4.69, 9.17) is 0 Å². The van der Waals surface area contributed by atoms with E-state index in [0.29, 0.717) is 5.56 Å². The number of hydrogen-bond acceptors (Lipinski definition) is 5. The first-order valence-corrected chi connectivity index (χ1v) is 9.80. The lowest BCUT2D eigenvalue weighted by molar-refractivity contribution is 0.0939. The number of nitrogens with zero attached hydrogens (tertiary/aromatic N) is 3. The summed E-state index contributed by atoms with van der Waals surface area (Å²) in [6.07, 6.45) is 4.18. The van der Waals surface area contributed by atoms with Gasteiger partial charge in [-0.1, -0.05) is 18.2 Å². The Labute approximate surface area is 151 Å². The molecule has 0 aliphatic rings. The van der Waals surface area contributed by atoms with Gasteiger partial charge in [-0.05, 0) is 42.8 Å². The topological polar surface area (TPSA) is 94.0 Å². The summed E-state index contributed by atoms with van der Waals surface area (Å²) in [6.45, 7) is 1.86. The molecule has 3 rings (SSSR count). The van der Waals surface area contributed by atoms with Crippen molar-refractivity contribution in [2.45, 2.75) is 17.9 Å². The van der Waals surface area contributed by atoms with Crippen LogP contribution in [0.4, 0.5) is 0 Å². The lowest BCUT2D eigenvalue weighted by atomic mass is 10.1. The van der Waals surface area contributed by atoms with Crippen molar-refractivity contribution in [2.24, 2.45) is 0 Å². The fourth-order valence-corrected chi connectivity index (χ4v) is 3.16. The van der Waals surface area contributed by atoms with Gasteiger partial charge in [0, 0.05) is 11.8 Å². The van der Waals surface area contributed by atoms with Crippen LogP contribution in [0.5, 0.6) is 0 Å². The van der Waals surface area contributed by atoms with Crippen molar-refractivity contribution >= 4 is 15.7 Å². The van der Waals surface area contributed by atoms with E-state index in [1.807, 2.05) is 31.2 Å². The van der Waals surface area contributed by atoms with E-state index in [9.17, 15) is 13.2 Å². The number of carbonyl (C=O) groups is 1. The third kappa shape index (κ3) is 3.97. The molecule has 7 nitrogen and oxygen atoms in total. The highest BCUT2D eigenvalue weighted by Gasteiger charge is 2.14. The summed E-state index contributed by atoms with van der Waals surface area (Å²) in [7, 11) is -3.36. The highest BCUT2D eigenvalue weighted by molar-refractivity contribution is 7.90. The number of sulfone groups is 1. The predicted molar refractivity (Wildman–Crippen MR) is 96.8 cm³/mol. The van der Waals surface area contributed by atoms with Crippen molar-refractivity contribution in [1.82, 2.24) is 20.1 Å². The molecule has 1 heterocycles. The van der Waals surface area contributed by atoms with Crippen LogP contribution in [0, 0.1) is 0 Å². The molecule has 1 aromatic heterocycles. The van der Waals surface area contributed by atoms with Gasteiger partial charge in [-0.25, -0.2) is 18.1 Å². The number of aromatic nitrogens is 3. The van der Waals surface area contributed by atoms with Crippen molar-refractivity contribution in [2.75, 3.05) is 6.26 Å². The number of nitrogens with one attached hydrogen (secondary N) is 1. The summed E-state index contributed by atoms with van der Waals surface area (Å²) >= 11 is 0. The molecule has 26 heavy (non-hydrogen) atoms. The lowest BCUT2D eigenvalue weighted by Gasteiger charge is -2.15. The molecule has 134 valence electrons. The van der Waals surface area contributed by atoms with E-state index in [0.717, 1.165) is 17.5 Å². The van der Waals surface area contributed by atoms with Crippen LogP contribution in [0.1, 0.15) is 28.9 Å². The summed E-state index contributed by atoms with van der Waals surface area (Å²) in [5, 5.41) is 6.94. The van der Waals surface area contributed by atoms with Crippen LogP contribution in [0.15, 0.2) is 66.1 Å². The van der Waals surface area contributed by atoms with E-state index in [2.05, 4.69) is 15.4 Å². The number of carbonyl (C=O) groups excluding carboxylic acids is 1. The molecule has 0 fully saturated rings. The van der Waals surface area contributed by atoms with E-state index >= 15 is 0 Å². The Kier molecular flexibility index (Phi) is 4.85. The molecule has 1 unspecified atom stereocenters. The van der Waals surface area contributed by atoms with Crippen LogP contribution < -0.4 is 5.32 Å². The maximum atomic E-state index is 12.4. The van der Waals surface area contributed by atoms with Gasteiger partial charge in [0.1, 0.15) is 12.7 Å². The Balaban J connectivity index is 1.73. The van der Waals surface area contributed by atoms with Gasteiger partial charge < -0.3 is 5.32 Å². The first-order chi connectivity index (χ1) is 12.3. The van der Waals surface area contributed by atoms with Gasteiger partial charge in [-0.3, -0.25) is 4.79 Å². The highest BCUT2D eigenvalue weighted by Crippen LogP contribution is 2.17. The Bertz CT molecular complexity index is 1010. The monoisotopic (exact) mass is 370 g/mol. The largest absolute Gasteiger partial charge is 0.346 e. The van der Waals surface area contributed by atoms with E-state index in [-0.39, 0.29) is 16.8 Å². The molecule has 0 aliphatic heterocycles. The molecule has 1 atom stereocenters. The van der Waals surface area contributed by atoms with Gasteiger partial charge in [-0.2, -0.15) is 5.10 Å². The second kappa shape index (κ2) is 7.09. The van der Waals surface area contributed by atoms with Gasteiger partial charge in [0.05, 0.1) is 16.6 Å². The fourth-order valence-electron chi connectivity index (χ4n) is 2.49. The average molecular weight is 370 g/mol. The number of rotatable bonds is 5. The summed E-state index contributed by atoms with van der Waals surface area (Å²) in [5.41, 5.74) is 2.09. The smallest absolute Gasteiger partial charge is 0.251 e. The Morgan fingerprint density at radius 2 is 1.88 bits per heavy atom. The quantitative estimate of drug-likeness (QED) is 0.743. The maximum Gasteiger partial charge on any atom is 0.251 e. The van der Waals surface area contributed by atoms with Crippen LogP contribution >= 0.6 is 0 Å². The van der Waals surface area contributed by atoms with E-state index < -0.39 is 9.84 Å². The first-order valence-electron chi connectivity index (χ1n) is 7.90. The Hall–Kier alpha value is -3.00. The minimum atomic E-state index is -3.36. The number of benzene rings is 2. The third-order valence-electron chi connectivity index (χ3n) is 3.95. The number of amides is 1. The molecule has 0 saturated carbocycles. The minimum absolute atomic E-state index is 0.120. The van der Waals surface area contributed by atoms with E-state index in [1.165, 1.54) is 18.5 Å². The minimum Gasteiger partial charge on any atom is -0.346 e. The van der Waals surface area contributed by atoms with Gasteiger partial charge in [-0.15, -0.1) is 0 Å². The maximum absolute atomic E-state index is 12.4. The standard InChI is InChI=1S/C18H18N4O3S/c1-13(14-6-8-16(9-7-14)22-12-19-11-20-22)21-18(23)15-4-3-5-17(10-15)26(2,24)25/h3-13H,1-2H3,(H,21,23). The lowest BCUT2D eigenvalue weighted by Crippen LogP contribution is -2.26. The summed E-state index contributed by atoms with van der Waals surface area (Å²) in [6, 6.07) is 13.3. The molecular weight excluding hydrogens is 352 g/mol. The highest BCUT2D eigenvalue weighted by atomic mass is 32.2. The molecule has 0 radical (unpaired) electrons. The summed E-state index contributed by atoms with van der Waals surface area (Å²) in [4.78, 5) is 16.5. The van der Waals surface area contributed by atoms with Gasteiger partial charge in [0.25, 0.3) is 5.91 Å². The molecule has 1 N–H and O–H groups in total. The van der Waals surface area contributed by atoms with Crippen molar-refractivity contribution in [3.05, 3.63) is 72.3 Å². The van der Waals surface area contributed by atoms with Crippen molar-refractivity contribution in [3.63, 3.8) is 0 Å². The fraction of sp³-hybridized carbons (Fsp3) is 0.167. The SMILES string of the molecule is CC(NC(=O)c1cccc(S(C)(=O)=O)c1)c1ccc(-n2cncn2)cc1. The molecule has 8 heteroatoms. The number of hydrogen-bond donors (Lipinski definition) is 1. The molecule has 2 aromatic carbocycles. The van der Waals surface area contributed by atoms with Crippen LogP contribution in [-0.4, -0.2) is 35.3 Å².